The molecule has 138 valence electrons. The number of rotatable bonds is 6. The van der Waals surface area contributed by atoms with Gasteiger partial charge in [-0.25, -0.2) is 0 Å². The van der Waals surface area contributed by atoms with E-state index in [9.17, 15) is 0 Å². The molecule has 7 heteroatoms. The van der Waals surface area contributed by atoms with E-state index >= 15 is 0 Å². The Morgan fingerprint density at radius 1 is 1.42 bits per heavy atom. The maximum Gasteiger partial charge on any atom is 0.191 e. The van der Waals surface area contributed by atoms with Crippen molar-refractivity contribution < 1.29 is 9.47 Å². The maximum atomic E-state index is 5.75. The van der Waals surface area contributed by atoms with E-state index in [1.54, 1.807) is 14.2 Å². The van der Waals surface area contributed by atoms with Gasteiger partial charge in [-0.3, -0.25) is 4.99 Å². The fourth-order valence-corrected chi connectivity index (χ4v) is 3.84. The first-order valence-corrected chi connectivity index (χ1v) is 9.04. The predicted molar refractivity (Wildman–Crippen MR) is 112 cm³/mol. The van der Waals surface area contributed by atoms with Crippen LogP contribution < -0.4 is 10.6 Å². The van der Waals surface area contributed by atoms with Crippen LogP contribution in [0.2, 0.25) is 0 Å². The molecule has 0 aliphatic carbocycles. The number of guanidine groups is 1. The van der Waals surface area contributed by atoms with E-state index < -0.39 is 0 Å². The van der Waals surface area contributed by atoms with Crippen molar-refractivity contribution in [2.24, 2.45) is 4.99 Å². The van der Waals surface area contributed by atoms with Crippen LogP contribution in [0.3, 0.4) is 0 Å². The lowest BCUT2D eigenvalue weighted by Crippen LogP contribution is -2.52. The van der Waals surface area contributed by atoms with Crippen molar-refractivity contribution in [3.05, 3.63) is 21.9 Å². The molecule has 1 unspecified atom stereocenters. The first kappa shape index (κ1) is 21.7. The standard InChI is InChI=1S/C17H29N3O2S.HI/c1-13(11-15-6-5-14(2)23-15)20-16(18-3)19-12-17(21-4)7-9-22-10-8-17;/h5-6,13H,7-12H2,1-4H3,(H2,18,19,20);1H. The van der Waals surface area contributed by atoms with Crippen molar-refractivity contribution >= 4 is 41.3 Å². The van der Waals surface area contributed by atoms with Crippen LogP contribution in [0.5, 0.6) is 0 Å². The quantitative estimate of drug-likeness (QED) is 0.384. The van der Waals surface area contributed by atoms with E-state index in [2.05, 4.69) is 41.6 Å². The first-order valence-electron chi connectivity index (χ1n) is 8.22. The summed E-state index contributed by atoms with van der Waals surface area (Å²) in [6.45, 7) is 6.59. The van der Waals surface area contributed by atoms with Crippen LogP contribution in [0.1, 0.15) is 29.5 Å². The van der Waals surface area contributed by atoms with Crippen LogP contribution in [0.25, 0.3) is 0 Å². The average molecular weight is 467 g/mol. The summed E-state index contributed by atoms with van der Waals surface area (Å²) in [7, 11) is 3.59. The Labute approximate surface area is 166 Å². The highest BCUT2D eigenvalue weighted by atomic mass is 127. The highest BCUT2D eigenvalue weighted by Crippen LogP contribution is 2.23. The zero-order valence-electron chi connectivity index (χ0n) is 15.1. The van der Waals surface area contributed by atoms with Gasteiger partial charge in [0.2, 0.25) is 0 Å². The molecular weight excluding hydrogens is 437 g/mol. The molecule has 0 radical (unpaired) electrons. The Kier molecular flexibility index (Phi) is 9.54. The third kappa shape index (κ3) is 6.50. The van der Waals surface area contributed by atoms with Gasteiger partial charge in [0, 0.05) is 69.0 Å². The Hall–Kier alpha value is -0.380. The summed E-state index contributed by atoms with van der Waals surface area (Å²) in [6, 6.07) is 4.70. The summed E-state index contributed by atoms with van der Waals surface area (Å²) in [4.78, 5) is 7.09. The minimum atomic E-state index is -0.149. The van der Waals surface area contributed by atoms with Crippen LogP contribution in [0.15, 0.2) is 17.1 Å². The van der Waals surface area contributed by atoms with Gasteiger partial charge in [0.1, 0.15) is 0 Å². The first-order chi connectivity index (χ1) is 11.1. The minimum Gasteiger partial charge on any atom is -0.381 e. The molecule has 2 rings (SSSR count). The Morgan fingerprint density at radius 2 is 2.12 bits per heavy atom. The minimum absolute atomic E-state index is 0. The van der Waals surface area contributed by atoms with Crippen molar-refractivity contribution in [1.82, 2.24) is 10.6 Å². The third-order valence-corrected chi connectivity index (χ3v) is 5.35. The van der Waals surface area contributed by atoms with Gasteiger partial charge >= 0.3 is 0 Å². The van der Waals surface area contributed by atoms with Gasteiger partial charge in [-0.1, -0.05) is 0 Å². The van der Waals surface area contributed by atoms with Crippen molar-refractivity contribution in [3.8, 4) is 0 Å². The van der Waals surface area contributed by atoms with Crippen LogP contribution in [-0.2, 0) is 15.9 Å². The van der Waals surface area contributed by atoms with Crippen LogP contribution in [-0.4, -0.2) is 51.5 Å². The molecule has 1 aliphatic rings. The van der Waals surface area contributed by atoms with E-state index in [-0.39, 0.29) is 29.6 Å². The fraction of sp³-hybridized carbons (Fsp3) is 0.706. The Morgan fingerprint density at radius 3 is 2.67 bits per heavy atom. The van der Waals surface area contributed by atoms with Gasteiger partial charge in [-0.15, -0.1) is 35.3 Å². The predicted octanol–water partition coefficient (Wildman–Crippen LogP) is 2.97. The van der Waals surface area contributed by atoms with Gasteiger partial charge in [0.05, 0.1) is 5.60 Å². The second-order valence-corrected chi connectivity index (χ2v) is 7.56. The lowest BCUT2D eigenvalue weighted by molar-refractivity contribution is -0.0855. The van der Waals surface area contributed by atoms with Crippen LogP contribution >= 0.6 is 35.3 Å². The molecule has 1 atom stereocenters. The van der Waals surface area contributed by atoms with Gasteiger partial charge in [0.25, 0.3) is 0 Å². The molecule has 0 saturated carbocycles. The third-order valence-electron chi connectivity index (χ3n) is 4.33. The molecule has 1 fully saturated rings. The van der Waals surface area contributed by atoms with Crippen molar-refractivity contribution in [2.75, 3.05) is 33.9 Å². The zero-order chi connectivity index (χ0) is 16.7. The highest BCUT2D eigenvalue weighted by Gasteiger charge is 2.32. The van der Waals surface area contributed by atoms with E-state index in [0.717, 1.165) is 45.0 Å². The molecular formula is C17H30IN3O2S. The SMILES string of the molecule is CN=C(NCC1(OC)CCOCC1)NC(C)Cc1ccc(C)s1.I. The highest BCUT2D eigenvalue weighted by molar-refractivity contribution is 14.0. The Balaban J connectivity index is 0.00000288. The molecule has 2 heterocycles. The number of ether oxygens (including phenoxy) is 2. The van der Waals surface area contributed by atoms with Gasteiger partial charge in [-0.2, -0.15) is 0 Å². The molecule has 1 aromatic rings. The molecule has 1 saturated heterocycles. The van der Waals surface area contributed by atoms with E-state index in [0.29, 0.717) is 6.04 Å². The van der Waals surface area contributed by atoms with Gasteiger partial charge < -0.3 is 20.1 Å². The van der Waals surface area contributed by atoms with Crippen LogP contribution in [0.4, 0.5) is 0 Å². The molecule has 0 bridgehead atoms. The van der Waals surface area contributed by atoms with Gasteiger partial charge in [-0.05, 0) is 26.0 Å². The van der Waals surface area contributed by atoms with Crippen molar-refractivity contribution in [2.45, 2.75) is 44.8 Å². The Bertz CT molecular complexity index is 516. The number of hydrogen-bond acceptors (Lipinski definition) is 4. The summed E-state index contributed by atoms with van der Waals surface area (Å²) >= 11 is 1.86. The van der Waals surface area contributed by atoms with Crippen LogP contribution in [0, 0.1) is 6.92 Å². The maximum absolute atomic E-state index is 5.75. The molecule has 0 aromatic carbocycles. The topological polar surface area (TPSA) is 54.9 Å². The summed E-state index contributed by atoms with van der Waals surface area (Å²) in [5.74, 6) is 0.827. The number of methoxy groups -OCH3 is 1. The smallest absolute Gasteiger partial charge is 0.191 e. The molecule has 24 heavy (non-hydrogen) atoms. The lowest BCUT2D eigenvalue weighted by Gasteiger charge is -2.36. The normalized spacial score (nSPS) is 18.6. The number of nitrogens with zero attached hydrogens (tertiary/aromatic N) is 1. The average Bonchev–Trinajstić information content (AvgIpc) is 2.97. The van der Waals surface area contributed by atoms with Crippen molar-refractivity contribution in [3.63, 3.8) is 0 Å². The lowest BCUT2D eigenvalue weighted by atomic mass is 9.94. The molecule has 0 amide bonds. The van der Waals surface area contributed by atoms with Gasteiger partial charge in [0.15, 0.2) is 5.96 Å². The molecule has 1 aromatic heterocycles. The monoisotopic (exact) mass is 467 g/mol. The summed E-state index contributed by atoms with van der Waals surface area (Å²) in [6.07, 6.45) is 2.83. The summed E-state index contributed by atoms with van der Waals surface area (Å²) < 4.78 is 11.2. The number of aliphatic imine (C=N–C) groups is 1. The van der Waals surface area contributed by atoms with E-state index in [4.69, 9.17) is 9.47 Å². The fourth-order valence-electron chi connectivity index (χ4n) is 2.82. The number of aryl methyl sites for hydroxylation is 1. The zero-order valence-corrected chi connectivity index (χ0v) is 18.2. The largest absolute Gasteiger partial charge is 0.381 e. The molecule has 5 nitrogen and oxygen atoms in total. The van der Waals surface area contributed by atoms with Crippen molar-refractivity contribution in [1.29, 1.82) is 0 Å². The second kappa shape index (κ2) is 10.6. The van der Waals surface area contributed by atoms with E-state index in [1.165, 1.54) is 9.75 Å². The molecule has 1 aliphatic heterocycles. The number of halogens is 1. The molecule has 2 N–H and O–H groups in total. The second-order valence-electron chi connectivity index (χ2n) is 6.19. The molecule has 0 spiro atoms. The summed E-state index contributed by atoms with van der Waals surface area (Å²) in [5.41, 5.74) is -0.149. The number of nitrogens with one attached hydrogen (secondary N) is 2. The number of thiophene rings is 1. The summed E-state index contributed by atoms with van der Waals surface area (Å²) in [5, 5.41) is 6.88. The number of hydrogen-bond donors (Lipinski definition) is 2. The van der Waals surface area contributed by atoms with E-state index in [1.807, 2.05) is 11.3 Å².